The maximum atomic E-state index is 12.8. The van der Waals surface area contributed by atoms with Crippen molar-refractivity contribution >= 4 is 28.7 Å². The third-order valence-corrected chi connectivity index (χ3v) is 8.55. The number of thiophene rings is 2. The van der Waals surface area contributed by atoms with E-state index in [-0.39, 0.29) is 18.1 Å². The van der Waals surface area contributed by atoms with Crippen LogP contribution in [0.25, 0.3) is 0 Å². The maximum Gasteiger partial charge on any atom is 0.315 e. The molecule has 0 aromatic carbocycles. The molecule has 3 N–H and O–H groups in total. The summed E-state index contributed by atoms with van der Waals surface area (Å²) in [5, 5.41) is 23.6. The van der Waals surface area contributed by atoms with Gasteiger partial charge in [0.05, 0.1) is 6.54 Å². The Morgan fingerprint density at radius 1 is 1.15 bits per heavy atom. The first-order chi connectivity index (χ1) is 13.0. The van der Waals surface area contributed by atoms with Gasteiger partial charge in [0.25, 0.3) is 0 Å². The molecular weight excluding hydrogens is 376 g/mol. The van der Waals surface area contributed by atoms with Gasteiger partial charge in [-0.05, 0) is 84.6 Å². The van der Waals surface area contributed by atoms with Crippen LogP contribution in [-0.4, -0.2) is 23.2 Å². The van der Waals surface area contributed by atoms with Crippen molar-refractivity contribution in [1.82, 2.24) is 10.6 Å². The molecule has 4 aliphatic carbocycles. The fourth-order valence-electron chi connectivity index (χ4n) is 6.10. The van der Waals surface area contributed by atoms with E-state index in [1.807, 2.05) is 34.3 Å². The van der Waals surface area contributed by atoms with E-state index < -0.39 is 5.60 Å². The highest BCUT2D eigenvalue weighted by Gasteiger charge is 2.51. The molecule has 27 heavy (non-hydrogen) atoms. The zero-order chi connectivity index (χ0) is 18.5. The van der Waals surface area contributed by atoms with E-state index in [0.29, 0.717) is 0 Å². The van der Waals surface area contributed by atoms with Crippen molar-refractivity contribution in [3.05, 3.63) is 44.8 Å². The predicted octanol–water partition coefficient (Wildman–Crippen LogP) is 4.31. The van der Waals surface area contributed by atoms with Crippen molar-refractivity contribution in [3.63, 3.8) is 0 Å². The van der Waals surface area contributed by atoms with Gasteiger partial charge in [-0.1, -0.05) is 6.07 Å². The van der Waals surface area contributed by atoms with E-state index in [2.05, 4.69) is 10.6 Å². The van der Waals surface area contributed by atoms with Crippen molar-refractivity contribution in [1.29, 1.82) is 0 Å². The van der Waals surface area contributed by atoms with Gasteiger partial charge < -0.3 is 15.7 Å². The summed E-state index contributed by atoms with van der Waals surface area (Å²) in [7, 11) is 0. The molecule has 4 bridgehead atoms. The van der Waals surface area contributed by atoms with Crippen LogP contribution in [0.1, 0.15) is 49.0 Å². The van der Waals surface area contributed by atoms with Crippen molar-refractivity contribution < 1.29 is 9.90 Å². The number of carbonyl (C=O) groups is 1. The average molecular weight is 403 g/mol. The summed E-state index contributed by atoms with van der Waals surface area (Å²) in [6.07, 6.45) is 7.47. The van der Waals surface area contributed by atoms with Gasteiger partial charge in [-0.3, -0.25) is 0 Å². The summed E-state index contributed by atoms with van der Waals surface area (Å²) in [6.45, 7) is 0.183. The Hall–Kier alpha value is -1.37. The highest BCUT2D eigenvalue weighted by Crippen LogP contribution is 2.55. The van der Waals surface area contributed by atoms with Crippen LogP contribution in [0.4, 0.5) is 4.79 Å². The maximum absolute atomic E-state index is 12.8. The summed E-state index contributed by atoms with van der Waals surface area (Å²) in [5.41, 5.74) is -0.347. The van der Waals surface area contributed by atoms with E-state index in [4.69, 9.17) is 0 Å². The van der Waals surface area contributed by atoms with Gasteiger partial charge in [0.15, 0.2) is 0 Å². The number of hydrogen-bond acceptors (Lipinski definition) is 4. The molecule has 1 atom stereocenters. The average Bonchev–Trinajstić information content (AvgIpc) is 3.32. The second-order valence-corrected chi connectivity index (χ2v) is 10.6. The zero-order valence-corrected chi connectivity index (χ0v) is 17.0. The van der Waals surface area contributed by atoms with Crippen molar-refractivity contribution in [2.24, 2.45) is 17.8 Å². The van der Waals surface area contributed by atoms with Crippen LogP contribution in [0, 0.1) is 17.8 Å². The van der Waals surface area contributed by atoms with Gasteiger partial charge in [-0.25, -0.2) is 4.79 Å². The van der Waals surface area contributed by atoms with Gasteiger partial charge in [-0.15, -0.1) is 11.3 Å². The van der Waals surface area contributed by atoms with E-state index in [1.54, 1.807) is 11.3 Å². The third-order valence-electron chi connectivity index (χ3n) is 6.85. The largest absolute Gasteiger partial charge is 0.378 e. The lowest BCUT2D eigenvalue weighted by atomic mass is 9.53. The summed E-state index contributed by atoms with van der Waals surface area (Å²) in [5.74, 6) is 2.39. The zero-order valence-electron chi connectivity index (χ0n) is 15.3. The van der Waals surface area contributed by atoms with Crippen LogP contribution in [0.5, 0.6) is 0 Å². The van der Waals surface area contributed by atoms with Crippen molar-refractivity contribution in [3.8, 4) is 0 Å². The van der Waals surface area contributed by atoms with Crippen LogP contribution in [0.3, 0.4) is 0 Å². The molecule has 144 valence electrons. The quantitative estimate of drug-likeness (QED) is 0.698. The van der Waals surface area contributed by atoms with Crippen LogP contribution in [0.15, 0.2) is 34.3 Å². The molecule has 6 heteroatoms. The molecule has 0 aliphatic heterocycles. The molecule has 6 rings (SSSR count). The Labute approximate surface area is 168 Å². The number of aliphatic hydroxyl groups is 1. The number of nitrogens with one attached hydrogen (secondary N) is 2. The second kappa shape index (κ2) is 6.61. The monoisotopic (exact) mass is 402 g/mol. The molecule has 2 aromatic heterocycles. The SMILES string of the molecule is O=C(NCC(O)(c1ccsc1)c1cccs1)NC12CC3CC(CC(C3)C1)C2. The first kappa shape index (κ1) is 17.7. The molecule has 4 nitrogen and oxygen atoms in total. The molecule has 2 amide bonds. The summed E-state index contributed by atoms with van der Waals surface area (Å²) in [4.78, 5) is 13.6. The Balaban J connectivity index is 1.28. The number of hydrogen-bond donors (Lipinski definition) is 3. The molecule has 2 heterocycles. The van der Waals surface area contributed by atoms with Gasteiger partial charge in [0.2, 0.25) is 0 Å². The molecule has 0 radical (unpaired) electrons. The molecule has 4 saturated carbocycles. The minimum absolute atomic E-state index is 0.0116. The van der Waals surface area contributed by atoms with Crippen molar-refractivity contribution in [2.45, 2.75) is 49.7 Å². The van der Waals surface area contributed by atoms with Crippen molar-refractivity contribution in [2.75, 3.05) is 6.54 Å². The molecule has 4 fully saturated rings. The van der Waals surface area contributed by atoms with Crippen LogP contribution in [0.2, 0.25) is 0 Å². The predicted molar refractivity (Wildman–Crippen MR) is 109 cm³/mol. The Kier molecular flexibility index (Phi) is 4.33. The number of urea groups is 1. The van der Waals surface area contributed by atoms with Gasteiger partial charge >= 0.3 is 6.03 Å². The van der Waals surface area contributed by atoms with E-state index >= 15 is 0 Å². The normalized spacial score (nSPS) is 33.6. The van der Waals surface area contributed by atoms with Gasteiger partial charge in [-0.2, -0.15) is 11.3 Å². The highest BCUT2D eigenvalue weighted by molar-refractivity contribution is 7.10. The van der Waals surface area contributed by atoms with Crippen LogP contribution >= 0.6 is 22.7 Å². The van der Waals surface area contributed by atoms with E-state index in [9.17, 15) is 9.90 Å². The molecule has 2 aromatic rings. The Morgan fingerprint density at radius 3 is 2.41 bits per heavy atom. The number of rotatable bonds is 5. The lowest BCUT2D eigenvalue weighted by molar-refractivity contribution is -0.0139. The fourth-order valence-corrected chi connectivity index (χ4v) is 7.67. The Morgan fingerprint density at radius 2 is 1.85 bits per heavy atom. The van der Waals surface area contributed by atoms with Gasteiger partial charge in [0.1, 0.15) is 5.60 Å². The number of amides is 2. The topological polar surface area (TPSA) is 61.4 Å². The molecule has 0 saturated heterocycles. The smallest absolute Gasteiger partial charge is 0.315 e. The highest BCUT2D eigenvalue weighted by atomic mass is 32.1. The molecule has 1 unspecified atom stereocenters. The van der Waals surface area contributed by atoms with Gasteiger partial charge in [0, 0.05) is 16.0 Å². The molecule has 4 aliphatic rings. The van der Waals surface area contributed by atoms with E-state index in [0.717, 1.165) is 47.5 Å². The van der Waals surface area contributed by atoms with Crippen LogP contribution in [-0.2, 0) is 5.60 Å². The fraction of sp³-hybridized carbons (Fsp3) is 0.571. The first-order valence-corrected chi connectivity index (χ1v) is 11.7. The lowest BCUT2D eigenvalue weighted by Crippen LogP contribution is -2.62. The minimum atomic E-state index is -1.17. The standard InChI is InChI=1S/C21H26N2O2S2/c24-19(23-20-9-14-6-15(10-20)8-16(7-14)11-20)22-13-21(25,17-3-5-26-12-17)18-2-1-4-27-18/h1-5,12,14-16,25H,6-11,13H2,(H2,22,23,24). The second-order valence-electron chi connectivity index (χ2n) is 8.86. The number of carbonyl (C=O) groups excluding carboxylic acids is 1. The third kappa shape index (κ3) is 3.22. The van der Waals surface area contributed by atoms with E-state index in [1.165, 1.54) is 30.6 Å². The first-order valence-electron chi connectivity index (χ1n) is 9.90. The minimum Gasteiger partial charge on any atom is -0.378 e. The summed E-state index contributed by atoms with van der Waals surface area (Å²) < 4.78 is 0. The van der Waals surface area contributed by atoms with Crippen LogP contribution < -0.4 is 10.6 Å². The Bertz CT molecular complexity index is 731. The molecule has 0 spiro atoms. The summed E-state index contributed by atoms with van der Waals surface area (Å²) in [6, 6.07) is 5.67. The molecular formula is C21H26N2O2S2. The summed E-state index contributed by atoms with van der Waals surface area (Å²) >= 11 is 3.08. The lowest BCUT2D eigenvalue weighted by Gasteiger charge is -2.56.